The molecule has 4 heteroatoms. The van der Waals surface area contributed by atoms with E-state index in [4.69, 9.17) is 4.74 Å². The molecular weight excluding hydrogens is 234 g/mol. The molecule has 0 aromatic carbocycles. The highest BCUT2D eigenvalue weighted by atomic mass is 32.2. The van der Waals surface area contributed by atoms with Crippen LogP contribution in [0.2, 0.25) is 0 Å². The zero-order chi connectivity index (χ0) is 13.1. The Hall–Kier alpha value is -0.220. The lowest BCUT2D eigenvalue weighted by atomic mass is 9.76. The molecule has 1 saturated heterocycles. The number of hydrogen-bond donors (Lipinski definition) is 0. The van der Waals surface area contributed by atoms with Gasteiger partial charge in [0.1, 0.15) is 11.0 Å². The topological polar surface area (TPSA) is 38.7 Å². The Kier molecular flexibility index (Phi) is 4.90. The fraction of sp³-hybridized carbons (Fsp3) is 0.923. The smallest absolute Gasteiger partial charge is 0.144 e. The predicted molar refractivity (Wildman–Crippen MR) is 73.7 cm³/mol. The maximum Gasteiger partial charge on any atom is 0.144 e. The molecule has 0 bridgehead atoms. The summed E-state index contributed by atoms with van der Waals surface area (Å²) < 4.78 is 21.2. The van der Waals surface area contributed by atoms with Crippen molar-refractivity contribution in [3.8, 4) is 0 Å². The minimum Gasteiger partial charge on any atom is -0.381 e. The molecule has 0 saturated carbocycles. The Bertz CT molecular complexity index is 299. The molecule has 0 aromatic rings. The van der Waals surface area contributed by atoms with Crippen molar-refractivity contribution >= 4 is 17.2 Å². The van der Waals surface area contributed by atoms with Gasteiger partial charge in [0.15, 0.2) is 0 Å². The molecule has 1 rings (SSSR count). The molecular formula is C13H25NO2S. The van der Waals surface area contributed by atoms with Crippen LogP contribution in [0.4, 0.5) is 0 Å². The Morgan fingerprint density at radius 3 is 2.18 bits per heavy atom. The van der Waals surface area contributed by atoms with Crippen molar-refractivity contribution in [1.82, 2.24) is 0 Å². The van der Waals surface area contributed by atoms with Crippen molar-refractivity contribution in [2.24, 2.45) is 15.7 Å². The van der Waals surface area contributed by atoms with Crippen LogP contribution in [0.15, 0.2) is 4.40 Å². The summed E-state index contributed by atoms with van der Waals surface area (Å²) in [6, 6.07) is 0. The summed E-state index contributed by atoms with van der Waals surface area (Å²) in [6.07, 6.45) is 4.03. The minimum atomic E-state index is -1.15. The Balaban J connectivity index is 2.64. The van der Waals surface area contributed by atoms with Crippen LogP contribution >= 0.6 is 0 Å². The van der Waals surface area contributed by atoms with Gasteiger partial charge in [-0.1, -0.05) is 13.8 Å². The fourth-order valence-electron chi connectivity index (χ4n) is 1.89. The van der Waals surface area contributed by atoms with E-state index in [9.17, 15) is 4.21 Å². The van der Waals surface area contributed by atoms with Crippen molar-refractivity contribution < 1.29 is 8.95 Å². The SMILES string of the molecule is CC(C)(/C=N/[S@](=O)C(C)(C)C)C1CCOCC1. The summed E-state index contributed by atoms with van der Waals surface area (Å²) >= 11 is 0. The third kappa shape index (κ3) is 4.51. The highest BCUT2D eigenvalue weighted by Gasteiger charge is 2.30. The van der Waals surface area contributed by atoms with Gasteiger partial charge in [-0.25, -0.2) is 4.21 Å². The van der Waals surface area contributed by atoms with Gasteiger partial charge in [-0.3, -0.25) is 0 Å². The maximum absolute atomic E-state index is 11.9. The second-order valence-electron chi connectivity index (χ2n) is 6.30. The van der Waals surface area contributed by atoms with Gasteiger partial charge < -0.3 is 4.74 Å². The summed E-state index contributed by atoms with van der Waals surface area (Å²) in [6.45, 7) is 11.9. The van der Waals surface area contributed by atoms with Crippen LogP contribution < -0.4 is 0 Å². The van der Waals surface area contributed by atoms with Crippen molar-refractivity contribution in [1.29, 1.82) is 0 Å². The highest BCUT2D eigenvalue weighted by Crippen LogP contribution is 2.33. The van der Waals surface area contributed by atoms with Gasteiger partial charge in [-0.05, 0) is 39.5 Å². The van der Waals surface area contributed by atoms with E-state index in [0.717, 1.165) is 26.1 Å². The van der Waals surface area contributed by atoms with Crippen molar-refractivity contribution in [3.63, 3.8) is 0 Å². The van der Waals surface area contributed by atoms with E-state index in [0.29, 0.717) is 5.92 Å². The monoisotopic (exact) mass is 259 g/mol. The fourth-order valence-corrected chi connectivity index (χ4v) is 2.57. The lowest BCUT2D eigenvalue weighted by Gasteiger charge is -2.33. The normalized spacial score (nSPS) is 21.9. The van der Waals surface area contributed by atoms with E-state index in [-0.39, 0.29) is 10.2 Å². The first kappa shape index (κ1) is 14.8. The first-order valence-corrected chi connectivity index (χ1v) is 7.39. The largest absolute Gasteiger partial charge is 0.381 e. The molecule has 0 radical (unpaired) electrons. The molecule has 1 atom stereocenters. The van der Waals surface area contributed by atoms with Crippen molar-refractivity contribution in [3.05, 3.63) is 0 Å². The molecule has 0 aliphatic carbocycles. The third-order valence-corrected chi connectivity index (χ3v) is 4.62. The zero-order valence-corrected chi connectivity index (χ0v) is 12.5. The molecule has 1 aliphatic rings. The van der Waals surface area contributed by atoms with Crippen LogP contribution in [0.25, 0.3) is 0 Å². The van der Waals surface area contributed by atoms with Crippen molar-refractivity contribution in [2.45, 2.75) is 52.2 Å². The molecule has 1 aliphatic heterocycles. The number of hydrogen-bond acceptors (Lipinski definition) is 2. The van der Waals surface area contributed by atoms with Crippen LogP contribution in [-0.4, -0.2) is 28.4 Å². The summed E-state index contributed by atoms with van der Waals surface area (Å²) in [7, 11) is -1.15. The van der Waals surface area contributed by atoms with Gasteiger partial charge in [0.25, 0.3) is 0 Å². The molecule has 0 unspecified atom stereocenters. The van der Waals surface area contributed by atoms with Gasteiger partial charge in [0.2, 0.25) is 0 Å². The van der Waals surface area contributed by atoms with E-state index in [1.54, 1.807) is 0 Å². The summed E-state index contributed by atoms with van der Waals surface area (Å²) in [5.74, 6) is 0.581. The molecule has 0 aromatic heterocycles. The van der Waals surface area contributed by atoms with E-state index in [1.807, 2.05) is 27.0 Å². The van der Waals surface area contributed by atoms with Gasteiger partial charge in [-0.15, -0.1) is 0 Å². The quantitative estimate of drug-likeness (QED) is 0.731. The van der Waals surface area contributed by atoms with E-state index < -0.39 is 11.0 Å². The van der Waals surface area contributed by atoms with E-state index in [2.05, 4.69) is 18.2 Å². The van der Waals surface area contributed by atoms with Gasteiger partial charge in [0.05, 0.1) is 4.75 Å². The first-order valence-electron chi connectivity index (χ1n) is 6.28. The second-order valence-corrected chi connectivity index (χ2v) is 8.24. The van der Waals surface area contributed by atoms with Crippen LogP contribution in [0.1, 0.15) is 47.5 Å². The molecule has 1 heterocycles. The van der Waals surface area contributed by atoms with Crippen LogP contribution in [0.5, 0.6) is 0 Å². The minimum absolute atomic E-state index is 0.00465. The standard InChI is InChI=1S/C13H25NO2S/c1-12(2,3)17(15)14-10-13(4,5)11-6-8-16-9-7-11/h10-11H,6-9H2,1-5H3/b14-10+/t17-/m1/s1. The van der Waals surface area contributed by atoms with Gasteiger partial charge in [0, 0.05) is 24.8 Å². The molecule has 0 amide bonds. The van der Waals surface area contributed by atoms with Gasteiger partial charge in [-0.2, -0.15) is 4.40 Å². The predicted octanol–water partition coefficient (Wildman–Crippen LogP) is 2.97. The second kappa shape index (κ2) is 5.61. The number of ether oxygens (including phenoxy) is 1. The molecule has 17 heavy (non-hydrogen) atoms. The molecule has 100 valence electrons. The van der Waals surface area contributed by atoms with Crippen LogP contribution in [0, 0.1) is 11.3 Å². The Morgan fingerprint density at radius 2 is 1.71 bits per heavy atom. The highest BCUT2D eigenvalue weighted by molar-refractivity contribution is 7.85. The summed E-state index contributed by atoms with van der Waals surface area (Å²) in [5, 5.41) is 0. The maximum atomic E-state index is 11.9. The van der Waals surface area contributed by atoms with Crippen molar-refractivity contribution in [2.75, 3.05) is 13.2 Å². The average molecular weight is 259 g/mol. The Labute approximate surface area is 108 Å². The first-order chi connectivity index (χ1) is 7.73. The molecule has 0 spiro atoms. The lowest BCUT2D eigenvalue weighted by Crippen LogP contribution is -2.31. The van der Waals surface area contributed by atoms with E-state index >= 15 is 0 Å². The van der Waals surface area contributed by atoms with Gasteiger partial charge >= 0.3 is 0 Å². The Morgan fingerprint density at radius 1 is 1.18 bits per heavy atom. The van der Waals surface area contributed by atoms with Crippen LogP contribution in [0.3, 0.4) is 0 Å². The van der Waals surface area contributed by atoms with E-state index in [1.165, 1.54) is 0 Å². The molecule has 3 nitrogen and oxygen atoms in total. The molecule has 1 fully saturated rings. The number of rotatable bonds is 3. The zero-order valence-electron chi connectivity index (χ0n) is 11.7. The summed E-state index contributed by atoms with van der Waals surface area (Å²) in [4.78, 5) is 0. The number of nitrogens with zero attached hydrogens (tertiary/aromatic N) is 1. The molecule has 0 N–H and O–H groups in total. The van der Waals surface area contributed by atoms with Crippen LogP contribution in [-0.2, 0) is 15.7 Å². The average Bonchev–Trinajstić information content (AvgIpc) is 2.26. The lowest BCUT2D eigenvalue weighted by molar-refractivity contribution is 0.0423. The third-order valence-electron chi connectivity index (χ3n) is 3.28. The summed E-state index contributed by atoms with van der Waals surface area (Å²) in [5.41, 5.74) is 0.00465.